The van der Waals surface area contributed by atoms with Crippen molar-refractivity contribution < 1.29 is 23.8 Å². The van der Waals surface area contributed by atoms with Gasteiger partial charge in [-0.2, -0.15) is 0 Å². The number of amides is 1. The average molecular weight is 486 g/mol. The second kappa shape index (κ2) is 11.7. The molecule has 0 bridgehead atoms. The molecular weight excluding hydrogens is 458 g/mol. The third-order valence-corrected chi connectivity index (χ3v) is 5.57. The molecule has 0 aliphatic heterocycles. The number of fused-ring (bicyclic) bond motifs is 1. The van der Waals surface area contributed by atoms with Gasteiger partial charge in [-0.05, 0) is 48.0 Å². The van der Waals surface area contributed by atoms with E-state index in [9.17, 15) is 9.59 Å². The molecule has 0 aliphatic rings. The van der Waals surface area contributed by atoms with E-state index in [0.717, 1.165) is 22.4 Å². The summed E-state index contributed by atoms with van der Waals surface area (Å²) in [6.07, 6.45) is 2.71. The van der Waals surface area contributed by atoms with Crippen LogP contribution in [-0.2, 0) is 16.0 Å². The number of hydrogen-bond acceptors (Lipinski definition) is 6. The van der Waals surface area contributed by atoms with E-state index in [0.29, 0.717) is 30.0 Å². The maximum absolute atomic E-state index is 13.7. The van der Waals surface area contributed by atoms with Gasteiger partial charge in [-0.15, -0.1) is 0 Å². The van der Waals surface area contributed by atoms with Crippen LogP contribution in [0.5, 0.6) is 5.75 Å². The summed E-state index contributed by atoms with van der Waals surface area (Å²) in [6.45, 7) is 0.790. The van der Waals surface area contributed by atoms with E-state index in [1.165, 1.54) is 7.11 Å². The number of aromatic nitrogens is 2. The molecule has 0 aliphatic carbocycles. The quantitative estimate of drug-likeness (QED) is 0.258. The summed E-state index contributed by atoms with van der Waals surface area (Å²) in [5.74, 6) is 1.27. The number of carbonyl (C=O) groups excluding carboxylic acids is 2. The number of rotatable bonds is 9. The first-order valence-corrected chi connectivity index (χ1v) is 11.4. The first-order chi connectivity index (χ1) is 17.6. The van der Waals surface area contributed by atoms with E-state index in [4.69, 9.17) is 14.5 Å². The molecule has 0 saturated heterocycles. The number of nitrogens with one attached hydrogen (secondary N) is 1. The smallest absolute Gasteiger partial charge is 0.497 e. The van der Waals surface area contributed by atoms with E-state index in [2.05, 4.69) is 9.72 Å². The second-order valence-electron chi connectivity index (χ2n) is 7.92. The average Bonchev–Trinajstić information content (AvgIpc) is 3.37. The lowest BCUT2D eigenvalue weighted by Crippen LogP contribution is -2.31. The Balaban J connectivity index is 1.60. The Morgan fingerprint density at radius 3 is 2.44 bits per heavy atom. The van der Waals surface area contributed by atoms with Gasteiger partial charge in [0.1, 0.15) is 23.7 Å². The summed E-state index contributed by atoms with van der Waals surface area (Å²) >= 11 is 0. The minimum Gasteiger partial charge on any atom is -0.497 e. The topological polar surface area (TPSA) is 93.8 Å². The minimum atomic E-state index is -0.755. The summed E-state index contributed by atoms with van der Waals surface area (Å²) in [4.78, 5) is 34.7. The van der Waals surface area contributed by atoms with Crippen molar-refractivity contribution in [2.45, 2.75) is 6.54 Å². The molecule has 0 atom stereocenters. The van der Waals surface area contributed by atoms with Gasteiger partial charge < -0.3 is 24.1 Å². The number of nitrogens with zero attached hydrogens (tertiary/aromatic N) is 2. The number of imidazole rings is 1. The van der Waals surface area contributed by atoms with Crippen molar-refractivity contribution in [3.8, 4) is 17.1 Å². The Hall–Kier alpha value is -4.59. The summed E-state index contributed by atoms with van der Waals surface area (Å²) < 4.78 is 14.6. The number of benzene rings is 3. The molecule has 3 aromatic carbocycles. The zero-order valence-electron chi connectivity index (χ0n) is 20.1. The summed E-state index contributed by atoms with van der Waals surface area (Å²) in [6, 6.07) is 22.9. The SMILES string of the molecule is COC(=O)OC/C=C/CN(Cc1ccccc1)C(=O)c1cccc2[nH]c(-c3ccc(OC)cc3)nc12. The molecule has 8 heteroatoms. The van der Waals surface area contributed by atoms with Gasteiger partial charge in [-0.1, -0.05) is 42.5 Å². The Morgan fingerprint density at radius 1 is 0.944 bits per heavy atom. The normalized spacial score (nSPS) is 10.9. The Morgan fingerprint density at radius 2 is 1.72 bits per heavy atom. The highest BCUT2D eigenvalue weighted by molar-refractivity contribution is 6.05. The lowest BCUT2D eigenvalue weighted by Gasteiger charge is -2.21. The Labute approximate surface area is 209 Å². The molecule has 4 rings (SSSR count). The Bertz CT molecular complexity index is 1350. The van der Waals surface area contributed by atoms with Crippen LogP contribution in [0, 0.1) is 0 Å². The zero-order chi connectivity index (χ0) is 25.3. The van der Waals surface area contributed by atoms with Gasteiger partial charge in [-0.25, -0.2) is 9.78 Å². The van der Waals surface area contributed by atoms with Crippen LogP contribution in [0.15, 0.2) is 84.9 Å². The van der Waals surface area contributed by atoms with Gasteiger partial charge >= 0.3 is 6.16 Å². The van der Waals surface area contributed by atoms with Gasteiger partial charge in [0.25, 0.3) is 5.91 Å². The number of para-hydroxylation sites is 1. The molecule has 1 amide bonds. The van der Waals surface area contributed by atoms with Crippen molar-refractivity contribution >= 4 is 23.1 Å². The molecule has 0 radical (unpaired) electrons. The monoisotopic (exact) mass is 485 g/mol. The molecule has 36 heavy (non-hydrogen) atoms. The number of ether oxygens (including phenoxy) is 3. The predicted molar refractivity (Wildman–Crippen MR) is 137 cm³/mol. The molecule has 0 spiro atoms. The first-order valence-electron chi connectivity index (χ1n) is 11.4. The minimum absolute atomic E-state index is 0.0558. The highest BCUT2D eigenvalue weighted by Crippen LogP contribution is 2.25. The molecule has 0 saturated carbocycles. The predicted octanol–water partition coefficient (Wildman–Crippen LogP) is 5.22. The van der Waals surface area contributed by atoms with Crippen LogP contribution in [0.25, 0.3) is 22.4 Å². The van der Waals surface area contributed by atoms with Gasteiger partial charge in [0.15, 0.2) is 0 Å². The molecule has 8 nitrogen and oxygen atoms in total. The van der Waals surface area contributed by atoms with Crippen LogP contribution in [0.2, 0.25) is 0 Å². The van der Waals surface area contributed by atoms with E-state index >= 15 is 0 Å². The van der Waals surface area contributed by atoms with E-state index < -0.39 is 6.16 Å². The lowest BCUT2D eigenvalue weighted by atomic mass is 10.1. The van der Waals surface area contributed by atoms with Gasteiger partial charge in [0, 0.05) is 18.7 Å². The van der Waals surface area contributed by atoms with Crippen LogP contribution >= 0.6 is 0 Å². The van der Waals surface area contributed by atoms with Crippen molar-refractivity contribution in [1.29, 1.82) is 0 Å². The largest absolute Gasteiger partial charge is 0.508 e. The number of hydrogen-bond donors (Lipinski definition) is 1. The van der Waals surface area contributed by atoms with Crippen molar-refractivity contribution in [3.05, 3.63) is 96.1 Å². The summed E-state index contributed by atoms with van der Waals surface area (Å²) in [7, 11) is 2.87. The van der Waals surface area contributed by atoms with Crippen LogP contribution in [0.1, 0.15) is 15.9 Å². The molecular formula is C28H27N3O5. The van der Waals surface area contributed by atoms with Crippen LogP contribution in [-0.4, -0.2) is 54.3 Å². The lowest BCUT2D eigenvalue weighted by molar-refractivity contribution is 0.0757. The molecule has 0 unspecified atom stereocenters. The second-order valence-corrected chi connectivity index (χ2v) is 7.92. The maximum atomic E-state index is 13.7. The van der Waals surface area contributed by atoms with Crippen molar-refractivity contribution in [2.75, 3.05) is 27.4 Å². The third-order valence-electron chi connectivity index (χ3n) is 5.57. The summed E-state index contributed by atoms with van der Waals surface area (Å²) in [5.41, 5.74) is 3.76. The fraction of sp³-hybridized carbons (Fsp3) is 0.179. The molecule has 1 N–H and O–H groups in total. The van der Waals surface area contributed by atoms with E-state index in [-0.39, 0.29) is 12.5 Å². The molecule has 184 valence electrons. The Kier molecular flexibility index (Phi) is 7.97. The first kappa shape index (κ1) is 24.5. The van der Waals surface area contributed by atoms with E-state index in [1.54, 1.807) is 30.2 Å². The summed E-state index contributed by atoms with van der Waals surface area (Å²) in [5, 5.41) is 0. The molecule has 0 fully saturated rings. The zero-order valence-corrected chi connectivity index (χ0v) is 20.1. The van der Waals surface area contributed by atoms with Gasteiger partial charge in [-0.3, -0.25) is 4.79 Å². The van der Waals surface area contributed by atoms with Crippen molar-refractivity contribution in [3.63, 3.8) is 0 Å². The van der Waals surface area contributed by atoms with Crippen LogP contribution in [0.3, 0.4) is 0 Å². The number of methoxy groups -OCH3 is 2. The van der Waals surface area contributed by atoms with Gasteiger partial charge in [0.05, 0.1) is 25.3 Å². The maximum Gasteiger partial charge on any atom is 0.508 e. The number of carbonyl (C=O) groups is 2. The molecule has 1 aromatic heterocycles. The van der Waals surface area contributed by atoms with E-state index in [1.807, 2.05) is 66.7 Å². The highest BCUT2D eigenvalue weighted by atomic mass is 16.7. The van der Waals surface area contributed by atoms with Crippen molar-refractivity contribution in [1.82, 2.24) is 14.9 Å². The number of aromatic amines is 1. The molecule has 4 aromatic rings. The molecule has 1 heterocycles. The van der Waals surface area contributed by atoms with Crippen molar-refractivity contribution in [2.24, 2.45) is 0 Å². The van der Waals surface area contributed by atoms with Gasteiger partial charge in [0.2, 0.25) is 0 Å². The third kappa shape index (κ3) is 5.90. The standard InChI is InChI=1S/C28H27N3O5/c1-34-22-15-13-21(14-16-22)26-29-24-12-8-11-23(25(24)30-26)27(32)31(19-20-9-4-3-5-10-20)17-6-7-18-36-28(33)35-2/h3-16H,17-19H2,1-2H3,(H,29,30)/b7-6+. The van der Waals surface area contributed by atoms with Crippen LogP contribution < -0.4 is 4.74 Å². The van der Waals surface area contributed by atoms with Crippen LogP contribution in [0.4, 0.5) is 4.79 Å². The fourth-order valence-corrected chi connectivity index (χ4v) is 3.73. The highest BCUT2D eigenvalue weighted by Gasteiger charge is 2.20. The fourth-order valence-electron chi connectivity index (χ4n) is 3.73. The number of H-pyrrole nitrogens is 1.